The van der Waals surface area contributed by atoms with Crippen LogP contribution in [0.25, 0.3) is 0 Å². The summed E-state index contributed by atoms with van der Waals surface area (Å²) < 4.78 is 27.5. The van der Waals surface area contributed by atoms with Crippen molar-refractivity contribution in [3.8, 4) is 0 Å². The smallest absolute Gasteiger partial charge is 0.303 e. The first kappa shape index (κ1) is 27.3. The van der Waals surface area contributed by atoms with Crippen molar-refractivity contribution in [2.45, 2.75) is 89.3 Å². The zero-order chi connectivity index (χ0) is 24.5. The number of aliphatic imine (C=N–C) groups is 1. The Hall–Kier alpha value is -1.98. The second kappa shape index (κ2) is 13.0. The molecule has 0 aromatic heterocycles. The minimum atomic E-state index is -1.07. The van der Waals surface area contributed by atoms with Crippen LogP contribution in [0.4, 0.5) is 0 Å². The Morgan fingerprint density at radius 2 is 1.55 bits per heavy atom. The molecule has 0 aromatic rings. The van der Waals surface area contributed by atoms with E-state index in [0.29, 0.717) is 0 Å². The fourth-order valence-corrected chi connectivity index (χ4v) is 4.89. The van der Waals surface area contributed by atoms with Crippen LogP contribution >= 0.6 is 11.8 Å². The highest BCUT2D eigenvalue weighted by Gasteiger charge is 2.51. The van der Waals surface area contributed by atoms with Gasteiger partial charge in [0.2, 0.25) is 0 Å². The lowest BCUT2D eigenvalue weighted by molar-refractivity contribution is -0.208. The third-order valence-electron chi connectivity index (χ3n) is 5.47. The number of methoxy groups -OCH3 is 1. The van der Waals surface area contributed by atoms with Crippen molar-refractivity contribution in [2.24, 2.45) is 10.9 Å². The van der Waals surface area contributed by atoms with Crippen LogP contribution in [0.2, 0.25) is 0 Å². The summed E-state index contributed by atoms with van der Waals surface area (Å²) in [6.45, 7) is 4.84. The van der Waals surface area contributed by atoms with Gasteiger partial charge in [0.05, 0.1) is 6.10 Å². The molecule has 1 aliphatic carbocycles. The van der Waals surface area contributed by atoms with Crippen LogP contribution in [0.1, 0.15) is 53.4 Å². The second-order valence-electron chi connectivity index (χ2n) is 8.16. The van der Waals surface area contributed by atoms with Gasteiger partial charge in [-0.25, -0.2) is 0 Å². The molecular formula is C22H33NO9S. The standard InChI is InChI=1S/C22H33NO9S/c1-12(24)29-11-18-20(30-13(2)25)21(31-14(3)26)19(22(32-18)33-15(4)27)23-10-16-6-8-17(28-5)9-7-16/h10,16-22H,6-9,11H2,1-5H3/t16?,17?,18?,19-,20-,21-,22+/m1/s1. The number of hydrogen-bond acceptors (Lipinski definition) is 11. The number of thioether (sulfide) groups is 1. The predicted molar refractivity (Wildman–Crippen MR) is 120 cm³/mol. The molecule has 1 unspecified atom stereocenters. The lowest BCUT2D eigenvalue weighted by Gasteiger charge is -2.43. The maximum absolute atomic E-state index is 11.9. The topological polar surface area (TPSA) is 127 Å². The van der Waals surface area contributed by atoms with Crippen LogP contribution in [-0.4, -0.2) is 78.8 Å². The fourth-order valence-electron chi connectivity index (χ4n) is 4.00. The number of carbonyl (C=O) groups excluding carboxylic acids is 4. The average molecular weight is 488 g/mol. The average Bonchev–Trinajstić information content (AvgIpc) is 2.73. The molecule has 2 aliphatic rings. The van der Waals surface area contributed by atoms with Gasteiger partial charge >= 0.3 is 17.9 Å². The lowest BCUT2D eigenvalue weighted by atomic mass is 9.88. The maximum Gasteiger partial charge on any atom is 0.303 e. The van der Waals surface area contributed by atoms with E-state index in [1.807, 2.05) is 0 Å². The zero-order valence-electron chi connectivity index (χ0n) is 19.7. The molecule has 33 heavy (non-hydrogen) atoms. The van der Waals surface area contributed by atoms with Gasteiger partial charge in [-0.2, -0.15) is 0 Å². The molecule has 0 amide bonds. The van der Waals surface area contributed by atoms with Crippen molar-refractivity contribution >= 4 is 41.0 Å². The van der Waals surface area contributed by atoms with Crippen molar-refractivity contribution in [3.63, 3.8) is 0 Å². The van der Waals surface area contributed by atoms with Gasteiger partial charge in [-0.15, -0.1) is 0 Å². The summed E-state index contributed by atoms with van der Waals surface area (Å²) in [5, 5.41) is -0.223. The molecule has 0 bridgehead atoms. The minimum absolute atomic E-state index is 0.198. The van der Waals surface area contributed by atoms with Gasteiger partial charge in [0, 0.05) is 41.0 Å². The molecule has 1 heterocycles. The van der Waals surface area contributed by atoms with E-state index in [2.05, 4.69) is 4.99 Å². The van der Waals surface area contributed by atoms with Gasteiger partial charge in [0.1, 0.15) is 24.2 Å². The van der Waals surface area contributed by atoms with Gasteiger partial charge in [0.15, 0.2) is 17.3 Å². The van der Waals surface area contributed by atoms with Crippen LogP contribution in [0.3, 0.4) is 0 Å². The molecular weight excluding hydrogens is 454 g/mol. The Bertz CT molecular complexity index is 735. The van der Waals surface area contributed by atoms with Crippen LogP contribution in [0, 0.1) is 5.92 Å². The third-order valence-corrected chi connectivity index (χ3v) is 6.43. The minimum Gasteiger partial charge on any atom is -0.463 e. The Morgan fingerprint density at radius 1 is 0.939 bits per heavy atom. The molecule has 10 nitrogen and oxygen atoms in total. The van der Waals surface area contributed by atoms with E-state index in [1.54, 1.807) is 13.3 Å². The molecule has 11 heteroatoms. The fraction of sp³-hybridized carbons (Fsp3) is 0.773. The zero-order valence-corrected chi connectivity index (χ0v) is 20.5. The Morgan fingerprint density at radius 3 is 2.06 bits per heavy atom. The number of hydrogen-bond donors (Lipinski definition) is 0. The van der Waals surface area contributed by atoms with Crippen molar-refractivity contribution in [1.29, 1.82) is 0 Å². The van der Waals surface area contributed by atoms with E-state index < -0.39 is 47.7 Å². The van der Waals surface area contributed by atoms with Gasteiger partial charge in [0.25, 0.3) is 0 Å². The summed E-state index contributed by atoms with van der Waals surface area (Å²) in [5.41, 5.74) is -0.828. The van der Waals surface area contributed by atoms with E-state index in [4.69, 9.17) is 23.7 Å². The summed E-state index contributed by atoms with van der Waals surface area (Å²) in [6, 6.07) is -0.805. The molecule has 1 saturated heterocycles. The Kier molecular flexibility index (Phi) is 10.8. The summed E-state index contributed by atoms with van der Waals surface area (Å²) >= 11 is 0.897. The second-order valence-corrected chi connectivity index (χ2v) is 9.44. The summed E-state index contributed by atoms with van der Waals surface area (Å²) in [4.78, 5) is 51.7. The quantitative estimate of drug-likeness (QED) is 0.285. The van der Waals surface area contributed by atoms with Crippen LogP contribution in [0.5, 0.6) is 0 Å². The molecule has 5 atom stereocenters. The highest BCUT2D eigenvalue weighted by Crippen LogP contribution is 2.35. The van der Waals surface area contributed by atoms with Gasteiger partial charge in [-0.3, -0.25) is 24.2 Å². The van der Waals surface area contributed by atoms with E-state index in [9.17, 15) is 19.2 Å². The van der Waals surface area contributed by atoms with Gasteiger partial charge in [-0.1, -0.05) is 11.8 Å². The molecule has 0 N–H and O–H groups in total. The summed E-state index contributed by atoms with van der Waals surface area (Å²) in [7, 11) is 1.70. The molecule has 0 radical (unpaired) electrons. The van der Waals surface area contributed by atoms with Crippen LogP contribution in [0.15, 0.2) is 4.99 Å². The van der Waals surface area contributed by atoms with Crippen LogP contribution < -0.4 is 0 Å². The summed E-state index contributed by atoms with van der Waals surface area (Å²) in [5.74, 6) is -1.57. The highest BCUT2D eigenvalue weighted by molar-refractivity contribution is 8.14. The molecule has 0 aromatic carbocycles. The van der Waals surface area contributed by atoms with Crippen molar-refractivity contribution in [2.75, 3.05) is 13.7 Å². The van der Waals surface area contributed by atoms with E-state index in [-0.39, 0.29) is 23.7 Å². The molecule has 0 spiro atoms. The molecule has 1 aliphatic heterocycles. The van der Waals surface area contributed by atoms with Gasteiger partial charge in [-0.05, 0) is 31.6 Å². The number of esters is 3. The SMILES string of the molecule is COC1CCC(C=N[C@@H]2[C@@H](OC(C)=O)[C@H](OC(C)=O)C(COC(C)=O)O[C@H]2SC(C)=O)CC1. The molecule has 1 saturated carbocycles. The molecule has 2 fully saturated rings. The maximum atomic E-state index is 11.9. The first-order valence-electron chi connectivity index (χ1n) is 11.0. The van der Waals surface area contributed by atoms with E-state index >= 15 is 0 Å². The Labute approximate surface area is 198 Å². The van der Waals surface area contributed by atoms with Crippen molar-refractivity contribution in [1.82, 2.24) is 0 Å². The summed E-state index contributed by atoms with van der Waals surface area (Å²) in [6.07, 6.45) is 2.61. The highest BCUT2D eigenvalue weighted by atomic mass is 32.2. The molecule has 2 rings (SSSR count). The normalized spacial score (nSPS) is 32.2. The van der Waals surface area contributed by atoms with Crippen molar-refractivity contribution < 1.29 is 42.9 Å². The lowest BCUT2D eigenvalue weighted by Crippen LogP contribution is -2.60. The molecule has 186 valence electrons. The van der Waals surface area contributed by atoms with Crippen molar-refractivity contribution in [3.05, 3.63) is 0 Å². The number of nitrogens with zero attached hydrogens (tertiary/aromatic N) is 1. The van der Waals surface area contributed by atoms with Crippen LogP contribution in [-0.2, 0) is 42.9 Å². The number of rotatable bonds is 8. The number of ether oxygens (including phenoxy) is 5. The van der Waals surface area contributed by atoms with E-state index in [0.717, 1.165) is 37.4 Å². The third kappa shape index (κ3) is 8.71. The predicted octanol–water partition coefficient (Wildman–Crippen LogP) is 2.06. The van der Waals surface area contributed by atoms with Gasteiger partial charge < -0.3 is 23.7 Å². The number of carbonyl (C=O) groups is 4. The first-order valence-corrected chi connectivity index (χ1v) is 11.8. The first-order chi connectivity index (χ1) is 15.6. The monoisotopic (exact) mass is 487 g/mol. The van der Waals surface area contributed by atoms with E-state index in [1.165, 1.54) is 27.7 Å². The Balaban J connectivity index is 2.34. The largest absolute Gasteiger partial charge is 0.463 e.